The van der Waals surface area contributed by atoms with Crippen molar-refractivity contribution < 1.29 is 28.7 Å². The number of hydrogen-bond donors (Lipinski definition) is 2. The van der Waals surface area contributed by atoms with E-state index in [1.54, 1.807) is 19.1 Å². The molecule has 0 aliphatic carbocycles. The Bertz CT molecular complexity index is 733. The molecule has 27 heavy (non-hydrogen) atoms. The third kappa shape index (κ3) is 4.82. The second-order valence-electron chi connectivity index (χ2n) is 6.32. The summed E-state index contributed by atoms with van der Waals surface area (Å²) in [5, 5.41) is 5.10. The Balaban J connectivity index is 1.94. The zero-order chi connectivity index (χ0) is 20.0. The van der Waals surface area contributed by atoms with Crippen LogP contribution in [0.3, 0.4) is 0 Å². The van der Waals surface area contributed by atoms with Gasteiger partial charge in [0.05, 0.1) is 6.61 Å². The number of aryl methyl sites for hydroxylation is 1. The van der Waals surface area contributed by atoms with Crippen LogP contribution in [-0.4, -0.2) is 62.1 Å². The number of amides is 4. The number of hydrogen-bond acceptors (Lipinski definition) is 6. The summed E-state index contributed by atoms with van der Waals surface area (Å²) in [7, 11) is 1.49. The maximum absolute atomic E-state index is 12.7. The van der Waals surface area contributed by atoms with Crippen LogP contribution in [0.1, 0.15) is 18.1 Å². The first kappa shape index (κ1) is 20.4. The normalized spacial score (nSPS) is 19.0. The Hall–Kier alpha value is -2.94. The summed E-state index contributed by atoms with van der Waals surface area (Å²) >= 11 is 0. The summed E-state index contributed by atoms with van der Waals surface area (Å²) in [4.78, 5) is 49.1. The molecule has 1 aliphatic rings. The molecular formula is C18H23N3O6. The SMILES string of the molecule is COCCNC(=O)COC(=O)CN1C(=O)N[C@@](C)(c2ccc(C)cc2)C1=O. The molecule has 0 unspecified atom stereocenters. The lowest BCUT2D eigenvalue weighted by molar-refractivity contribution is -0.151. The standard InChI is InChI=1S/C18H23N3O6/c1-12-4-6-13(7-5-12)18(2)16(24)21(17(25)20-18)10-15(23)27-11-14(22)19-8-9-26-3/h4-7H,8-11H2,1-3H3,(H,19,22)(H,20,25)/t18-/m0/s1. The first-order valence-electron chi connectivity index (χ1n) is 8.40. The van der Waals surface area contributed by atoms with Crippen molar-refractivity contribution >= 4 is 23.8 Å². The highest BCUT2D eigenvalue weighted by molar-refractivity contribution is 6.08. The number of rotatable bonds is 8. The molecule has 0 bridgehead atoms. The van der Waals surface area contributed by atoms with E-state index in [9.17, 15) is 19.2 Å². The minimum absolute atomic E-state index is 0.287. The van der Waals surface area contributed by atoms with Gasteiger partial charge in [-0.25, -0.2) is 4.79 Å². The van der Waals surface area contributed by atoms with Crippen molar-refractivity contribution in [2.24, 2.45) is 0 Å². The predicted octanol–water partition coefficient (Wildman–Crippen LogP) is 0.0678. The van der Waals surface area contributed by atoms with E-state index in [0.717, 1.165) is 10.5 Å². The molecule has 1 aromatic carbocycles. The van der Waals surface area contributed by atoms with Gasteiger partial charge in [-0.15, -0.1) is 0 Å². The zero-order valence-corrected chi connectivity index (χ0v) is 15.5. The number of esters is 1. The van der Waals surface area contributed by atoms with Gasteiger partial charge in [-0.05, 0) is 19.4 Å². The number of nitrogens with zero attached hydrogens (tertiary/aromatic N) is 1. The lowest BCUT2D eigenvalue weighted by Crippen LogP contribution is -2.42. The highest BCUT2D eigenvalue weighted by atomic mass is 16.5. The Labute approximate surface area is 157 Å². The molecule has 2 N–H and O–H groups in total. The van der Waals surface area contributed by atoms with Gasteiger partial charge in [-0.3, -0.25) is 19.3 Å². The van der Waals surface area contributed by atoms with Gasteiger partial charge in [-0.2, -0.15) is 0 Å². The third-order valence-corrected chi connectivity index (χ3v) is 4.18. The number of urea groups is 1. The summed E-state index contributed by atoms with van der Waals surface area (Å²) in [5.41, 5.74) is 0.367. The number of nitrogens with one attached hydrogen (secondary N) is 2. The molecule has 0 saturated carbocycles. The van der Waals surface area contributed by atoms with Crippen LogP contribution in [0.5, 0.6) is 0 Å². The molecule has 1 aromatic rings. The Kier molecular flexibility index (Phi) is 6.51. The van der Waals surface area contributed by atoms with E-state index in [-0.39, 0.29) is 6.54 Å². The van der Waals surface area contributed by atoms with Crippen molar-refractivity contribution in [3.8, 4) is 0 Å². The van der Waals surface area contributed by atoms with Gasteiger partial charge >= 0.3 is 12.0 Å². The van der Waals surface area contributed by atoms with E-state index in [1.807, 2.05) is 19.1 Å². The monoisotopic (exact) mass is 377 g/mol. The lowest BCUT2D eigenvalue weighted by Gasteiger charge is -2.22. The summed E-state index contributed by atoms with van der Waals surface area (Å²) in [6.07, 6.45) is 0. The third-order valence-electron chi connectivity index (χ3n) is 4.18. The van der Waals surface area contributed by atoms with Crippen LogP contribution in [0.4, 0.5) is 4.79 Å². The maximum atomic E-state index is 12.7. The fourth-order valence-corrected chi connectivity index (χ4v) is 2.59. The minimum Gasteiger partial charge on any atom is -0.454 e. The van der Waals surface area contributed by atoms with Gasteiger partial charge in [0.1, 0.15) is 12.1 Å². The number of ether oxygens (including phenoxy) is 2. The first-order valence-corrected chi connectivity index (χ1v) is 8.40. The van der Waals surface area contributed by atoms with E-state index in [4.69, 9.17) is 9.47 Å². The average molecular weight is 377 g/mol. The lowest BCUT2D eigenvalue weighted by atomic mass is 9.91. The van der Waals surface area contributed by atoms with Crippen molar-refractivity contribution in [2.75, 3.05) is 33.4 Å². The van der Waals surface area contributed by atoms with Crippen LogP contribution in [0.15, 0.2) is 24.3 Å². The number of carbonyl (C=O) groups excluding carboxylic acids is 4. The van der Waals surface area contributed by atoms with Gasteiger partial charge < -0.3 is 20.1 Å². The highest BCUT2D eigenvalue weighted by Gasteiger charge is 2.49. The second kappa shape index (κ2) is 8.63. The molecule has 1 aliphatic heterocycles. The van der Waals surface area contributed by atoms with Gasteiger partial charge in [-0.1, -0.05) is 29.8 Å². The van der Waals surface area contributed by atoms with E-state index in [1.165, 1.54) is 7.11 Å². The molecule has 9 nitrogen and oxygen atoms in total. The average Bonchev–Trinajstić information content (AvgIpc) is 2.85. The van der Waals surface area contributed by atoms with Crippen LogP contribution < -0.4 is 10.6 Å². The minimum atomic E-state index is -1.26. The molecule has 2 rings (SSSR count). The number of carbonyl (C=O) groups is 4. The molecule has 1 atom stereocenters. The molecule has 0 aromatic heterocycles. The summed E-state index contributed by atoms with van der Waals surface area (Å²) in [5.74, 6) is -1.91. The van der Waals surface area contributed by atoms with E-state index in [2.05, 4.69) is 10.6 Å². The van der Waals surface area contributed by atoms with Crippen molar-refractivity contribution in [1.82, 2.24) is 15.5 Å². The molecule has 1 heterocycles. The van der Waals surface area contributed by atoms with E-state index in [0.29, 0.717) is 12.2 Å². The quantitative estimate of drug-likeness (QED) is 0.376. The Morgan fingerprint density at radius 3 is 2.52 bits per heavy atom. The summed E-state index contributed by atoms with van der Waals surface area (Å²) < 4.78 is 9.60. The summed E-state index contributed by atoms with van der Waals surface area (Å²) in [6, 6.07) is 6.47. The van der Waals surface area contributed by atoms with Crippen LogP contribution in [-0.2, 0) is 29.4 Å². The highest BCUT2D eigenvalue weighted by Crippen LogP contribution is 2.28. The molecule has 146 valence electrons. The number of benzene rings is 1. The summed E-state index contributed by atoms with van der Waals surface area (Å²) in [6.45, 7) is 3.04. The second-order valence-corrected chi connectivity index (χ2v) is 6.32. The van der Waals surface area contributed by atoms with Gasteiger partial charge in [0, 0.05) is 13.7 Å². The maximum Gasteiger partial charge on any atom is 0.326 e. The van der Waals surface area contributed by atoms with Crippen molar-refractivity contribution in [3.05, 3.63) is 35.4 Å². The number of methoxy groups -OCH3 is 1. The van der Waals surface area contributed by atoms with Crippen molar-refractivity contribution in [3.63, 3.8) is 0 Å². The van der Waals surface area contributed by atoms with Crippen LogP contribution in [0.25, 0.3) is 0 Å². The van der Waals surface area contributed by atoms with Gasteiger partial charge in [0.2, 0.25) is 0 Å². The fourth-order valence-electron chi connectivity index (χ4n) is 2.59. The Morgan fingerprint density at radius 1 is 1.22 bits per heavy atom. The van der Waals surface area contributed by atoms with Crippen LogP contribution >= 0.6 is 0 Å². The van der Waals surface area contributed by atoms with E-state index >= 15 is 0 Å². The number of imide groups is 1. The molecule has 4 amide bonds. The van der Waals surface area contributed by atoms with Gasteiger partial charge in [0.15, 0.2) is 6.61 Å². The zero-order valence-electron chi connectivity index (χ0n) is 15.5. The first-order chi connectivity index (χ1) is 12.8. The van der Waals surface area contributed by atoms with E-state index < -0.39 is 42.5 Å². The molecule has 1 fully saturated rings. The largest absolute Gasteiger partial charge is 0.454 e. The van der Waals surface area contributed by atoms with Crippen molar-refractivity contribution in [2.45, 2.75) is 19.4 Å². The molecular weight excluding hydrogens is 354 g/mol. The van der Waals surface area contributed by atoms with Crippen molar-refractivity contribution in [1.29, 1.82) is 0 Å². The molecule has 0 radical (unpaired) electrons. The smallest absolute Gasteiger partial charge is 0.326 e. The van der Waals surface area contributed by atoms with Gasteiger partial charge in [0.25, 0.3) is 11.8 Å². The Morgan fingerprint density at radius 2 is 1.89 bits per heavy atom. The molecule has 0 spiro atoms. The molecule has 9 heteroatoms. The van der Waals surface area contributed by atoms with Crippen LogP contribution in [0, 0.1) is 6.92 Å². The van der Waals surface area contributed by atoms with Crippen LogP contribution in [0.2, 0.25) is 0 Å². The predicted molar refractivity (Wildman–Crippen MR) is 94.6 cm³/mol. The topological polar surface area (TPSA) is 114 Å². The molecule has 1 saturated heterocycles. The fraction of sp³-hybridized carbons (Fsp3) is 0.444.